The van der Waals surface area contributed by atoms with Crippen molar-refractivity contribution in [2.45, 2.75) is 65.5 Å². The maximum absolute atomic E-state index is 11.9. The fourth-order valence-electron chi connectivity index (χ4n) is 1.91. The van der Waals surface area contributed by atoms with Crippen molar-refractivity contribution in [3.8, 4) is 0 Å². The van der Waals surface area contributed by atoms with E-state index in [2.05, 4.69) is 41.4 Å². The van der Waals surface area contributed by atoms with Crippen LogP contribution >= 0.6 is 0 Å². The standard InChI is InChI=1S/C15H26N4O/c1-7-8-15(5,6)19-13-16-9-11(10-17-13)12(20)18-14(2,3)4/h9-10H,7-8H2,1-6H3,(H,18,20)(H,16,17,19). The average Bonchev–Trinajstić information content (AvgIpc) is 2.26. The van der Waals surface area contributed by atoms with Crippen LogP contribution in [0.4, 0.5) is 5.95 Å². The van der Waals surface area contributed by atoms with Gasteiger partial charge in [0.15, 0.2) is 0 Å². The molecule has 1 aromatic rings. The molecule has 2 N–H and O–H groups in total. The predicted molar refractivity (Wildman–Crippen MR) is 81.9 cm³/mol. The summed E-state index contributed by atoms with van der Waals surface area (Å²) in [5.74, 6) is 0.396. The number of rotatable bonds is 5. The lowest BCUT2D eigenvalue weighted by molar-refractivity contribution is 0.0919. The van der Waals surface area contributed by atoms with Crippen LogP contribution in [0.5, 0.6) is 0 Å². The highest BCUT2D eigenvalue weighted by atomic mass is 16.1. The Labute approximate surface area is 121 Å². The second-order valence-electron chi connectivity index (χ2n) is 6.76. The molecule has 0 radical (unpaired) electrons. The Balaban J connectivity index is 2.72. The summed E-state index contributed by atoms with van der Waals surface area (Å²) in [6, 6.07) is 0. The molecule has 1 amide bonds. The Morgan fingerprint density at radius 2 is 1.70 bits per heavy atom. The number of nitrogens with zero attached hydrogens (tertiary/aromatic N) is 2. The Hall–Kier alpha value is -1.65. The van der Waals surface area contributed by atoms with Gasteiger partial charge in [0.25, 0.3) is 5.91 Å². The molecule has 1 rings (SSSR count). The molecule has 0 saturated heterocycles. The number of hydrogen-bond acceptors (Lipinski definition) is 4. The van der Waals surface area contributed by atoms with Crippen LogP contribution in [-0.2, 0) is 0 Å². The molecule has 20 heavy (non-hydrogen) atoms. The average molecular weight is 278 g/mol. The van der Waals surface area contributed by atoms with E-state index in [-0.39, 0.29) is 17.0 Å². The molecule has 0 fully saturated rings. The molecule has 0 unspecified atom stereocenters. The van der Waals surface area contributed by atoms with Crippen LogP contribution in [0.25, 0.3) is 0 Å². The zero-order chi connectivity index (χ0) is 15.4. The second kappa shape index (κ2) is 6.20. The highest BCUT2D eigenvalue weighted by Gasteiger charge is 2.19. The topological polar surface area (TPSA) is 66.9 Å². The highest BCUT2D eigenvalue weighted by molar-refractivity contribution is 5.94. The van der Waals surface area contributed by atoms with E-state index in [0.29, 0.717) is 11.5 Å². The van der Waals surface area contributed by atoms with Gasteiger partial charge in [0.1, 0.15) is 0 Å². The Kier molecular flexibility index (Phi) is 5.09. The van der Waals surface area contributed by atoms with E-state index in [0.717, 1.165) is 12.8 Å². The normalized spacial score (nSPS) is 12.1. The maximum atomic E-state index is 11.9. The number of nitrogens with one attached hydrogen (secondary N) is 2. The molecule has 5 nitrogen and oxygen atoms in total. The van der Waals surface area contributed by atoms with Crippen LogP contribution in [-0.4, -0.2) is 27.0 Å². The van der Waals surface area contributed by atoms with Crippen LogP contribution in [0, 0.1) is 0 Å². The molecular weight excluding hydrogens is 252 g/mol. The molecule has 1 aromatic heterocycles. The van der Waals surface area contributed by atoms with Crippen molar-refractivity contribution >= 4 is 11.9 Å². The monoisotopic (exact) mass is 278 g/mol. The zero-order valence-corrected chi connectivity index (χ0v) is 13.4. The van der Waals surface area contributed by atoms with Gasteiger partial charge >= 0.3 is 0 Å². The molecule has 112 valence electrons. The molecule has 0 saturated carbocycles. The SMILES string of the molecule is CCCC(C)(C)Nc1ncc(C(=O)NC(C)(C)C)cn1. The van der Waals surface area contributed by atoms with E-state index in [1.54, 1.807) is 12.4 Å². The molecule has 1 heterocycles. The van der Waals surface area contributed by atoms with Gasteiger partial charge in [-0.1, -0.05) is 13.3 Å². The summed E-state index contributed by atoms with van der Waals surface area (Å²) in [4.78, 5) is 20.4. The highest BCUT2D eigenvalue weighted by Crippen LogP contribution is 2.16. The fourth-order valence-corrected chi connectivity index (χ4v) is 1.91. The summed E-state index contributed by atoms with van der Waals surface area (Å²) in [6.07, 6.45) is 5.23. The van der Waals surface area contributed by atoms with Gasteiger partial charge in [0.2, 0.25) is 5.95 Å². The van der Waals surface area contributed by atoms with Gasteiger partial charge in [-0.05, 0) is 41.0 Å². The third-order valence-corrected chi connectivity index (χ3v) is 2.73. The largest absolute Gasteiger partial charge is 0.349 e. The van der Waals surface area contributed by atoms with E-state index < -0.39 is 0 Å². The first-order valence-corrected chi connectivity index (χ1v) is 7.06. The van der Waals surface area contributed by atoms with Crippen molar-refractivity contribution in [3.05, 3.63) is 18.0 Å². The van der Waals surface area contributed by atoms with Crippen LogP contribution in [0.1, 0.15) is 64.7 Å². The van der Waals surface area contributed by atoms with Crippen LogP contribution < -0.4 is 10.6 Å². The van der Waals surface area contributed by atoms with Gasteiger partial charge in [-0.3, -0.25) is 4.79 Å². The lowest BCUT2D eigenvalue weighted by Crippen LogP contribution is -2.40. The molecule has 0 bridgehead atoms. The van der Waals surface area contributed by atoms with Crippen LogP contribution in [0.15, 0.2) is 12.4 Å². The lowest BCUT2D eigenvalue weighted by atomic mass is 9.99. The first kappa shape index (κ1) is 16.4. The third-order valence-electron chi connectivity index (χ3n) is 2.73. The van der Waals surface area contributed by atoms with E-state index in [4.69, 9.17) is 0 Å². The molecule has 0 atom stereocenters. The van der Waals surface area contributed by atoms with Crippen molar-refractivity contribution < 1.29 is 4.79 Å². The number of hydrogen-bond donors (Lipinski definition) is 2. The molecular formula is C15H26N4O. The summed E-state index contributed by atoms with van der Waals surface area (Å²) in [7, 11) is 0. The molecule has 0 aromatic carbocycles. The zero-order valence-electron chi connectivity index (χ0n) is 13.4. The van der Waals surface area contributed by atoms with Crippen LogP contribution in [0.3, 0.4) is 0 Å². The van der Waals surface area contributed by atoms with Gasteiger partial charge in [-0.25, -0.2) is 9.97 Å². The first-order valence-electron chi connectivity index (χ1n) is 7.06. The van der Waals surface area contributed by atoms with Crippen molar-refractivity contribution in [1.82, 2.24) is 15.3 Å². The molecule has 0 spiro atoms. The van der Waals surface area contributed by atoms with Gasteiger partial charge in [-0.2, -0.15) is 0 Å². The summed E-state index contributed by atoms with van der Waals surface area (Å²) in [5.41, 5.74) is 0.153. The van der Waals surface area contributed by atoms with Gasteiger partial charge in [-0.15, -0.1) is 0 Å². The first-order chi connectivity index (χ1) is 9.13. The smallest absolute Gasteiger partial charge is 0.254 e. The molecule has 0 aliphatic rings. The third kappa shape index (κ3) is 5.55. The summed E-state index contributed by atoms with van der Waals surface area (Å²) < 4.78 is 0. The minimum absolute atomic E-state index is 0.0517. The number of carbonyl (C=O) groups is 1. The van der Waals surface area contributed by atoms with E-state index in [9.17, 15) is 4.79 Å². The van der Waals surface area contributed by atoms with Crippen molar-refractivity contribution in [2.24, 2.45) is 0 Å². The van der Waals surface area contributed by atoms with E-state index in [1.807, 2.05) is 20.8 Å². The van der Waals surface area contributed by atoms with Gasteiger partial charge < -0.3 is 10.6 Å². The number of anilines is 1. The summed E-state index contributed by atoms with van der Waals surface area (Å²) in [5, 5.41) is 6.16. The number of aromatic nitrogens is 2. The number of amides is 1. The predicted octanol–water partition coefficient (Wildman–Crippen LogP) is 3.00. The lowest BCUT2D eigenvalue weighted by Gasteiger charge is -2.25. The van der Waals surface area contributed by atoms with Crippen LogP contribution in [0.2, 0.25) is 0 Å². The molecule has 0 aliphatic heterocycles. The van der Waals surface area contributed by atoms with E-state index in [1.165, 1.54) is 0 Å². The minimum atomic E-state index is -0.267. The van der Waals surface area contributed by atoms with E-state index >= 15 is 0 Å². The second-order valence-corrected chi connectivity index (χ2v) is 6.76. The van der Waals surface area contributed by atoms with Gasteiger partial charge in [0, 0.05) is 23.5 Å². The Morgan fingerprint density at radius 3 is 2.15 bits per heavy atom. The van der Waals surface area contributed by atoms with Crippen molar-refractivity contribution in [2.75, 3.05) is 5.32 Å². The summed E-state index contributed by atoms with van der Waals surface area (Å²) >= 11 is 0. The van der Waals surface area contributed by atoms with Crippen molar-refractivity contribution in [3.63, 3.8) is 0 Å². The Bertz CT molecular complexity index is 446. The minimum Gasteiger partial charge on any atom is -0.349 e. The summed E-state index contributed by atoms with van der Waals surface area (Å²) in [6.45, 7) is 12.2. The quantitative estimate of drug-likeness (QED) is 0.869. The maximum Gasteiger partial charge on any atom is 0.254 e. The van der Waals surface area contributed by atoms with Crippen molar-refractivity contribution in [1.29, 1.82) is 0 Å². The molecule has 5 heteroatoms. The molecule has 0 aliphatic carbocycles. The van der Waals surface area contributed by atoms with Gasteiger partial charge in [0.05, 0.1) is 5.56 Å². The number of carbonyl (C=O) groups excluding carboxylic acids is 1. The Morgan fingerprint density at radius 1 is 1.15 bits per heavy atom. The fraction of sp³-hybridized carbons (Fsp3) is 0.667.